The number of Topliss-reactive ketones (excluding diaryl/α,β-unsaturated/α-hetero) is 1. The molecule has 1 saturated heterocycles. The van der Waals surface area contributed by atoms with E-state index in [4.69, 9.17) is 29.9 Å². The number of β-amino-alcohol motifs (C(OH)–C–C–N with tert-alkyl or cyclic N) is 1. The summed E-state index contributed by atoms with van der Waals surface area (Å²) in [5, 5.41) is 41.6. The molecule has 46 heavy (non-hydrogen) atoms. The Hall–Kier alpha value is -5.31. The van der Waals surface area contributed by atoms with Crippen LogP contribution in [0.4, 0.5) is 0 Å². The molecule has 1 heterocycles. The minimum atomic E-state index is -1.26. The van der Waals surface area contributed by atoms with Gasteiger partial charge in [-0.05, 0) is 30.8 Å². The Balaban J connectivity index is 0.000000545. The van der Waals surface area contributed by atoms with Crippen molar-refractivity contribution in [3.8, 4) is 11.5 Å². The van der Waals surface area contributed by atoms with Gasteiger partial charge in [0, 0.05) is 64.0 Å². The van der Waals surface area contributed by atoms with Crippen molar-refractivity contribution in [1.29, 1.82) is 0 Å². The largest absolute Gasteiger partial charge is 0.487 e. The van der Waals surface area contributed by atoms with Crippen LogP contribution in [0.3, 0.4) is 0 Å². The second-order valence-corrected chi connectivity index (χ2v) is 9.61. The summed E-state index contributed by atoms with van der Waals surface area (Å²) in [6.45, 7) is 6.10. The van der Waals surface area contributed by atoms with Crippen molar-refractivity contribution in [2.45, 2.75) is 13.0 Å². The van der Waals surface area contributed by atoms with E-state index in [1.54, 1.807) is 18.2 Å². The number of rotatable bonds is 13. The normalized spacial score (nSPS) is 14.3. The highest BCUT2D eigenvalue weighted by molar-refractivity contribution is 5.96. The van der Waals surface area contributed by atoms with E-state index in [0.29, 0.717) is 42.3 Å². The summed E-state index contributed by atoms with van der Waals surface area (Å²) in [5.74, 6) is -4.03. The highest BCUT2D eigenvalue weighted by Gasteiger charge is 2.18. The first-order valence-electron chi connectivity index (χ1n) is 13.8. The van der Waals surface area contributed by atoms with Gasteiger partial charge in [-0.1, -0.05) is 42.5 Å². The molecule has 14 heteroatoms. The summed E-state index contributed by atoms with van der Waals surface area (Å²) in [6.07, 6.45) is 3.34. The van der Waals surface area contributed by atoms with Gasteiger partial charge in [0.25, 0.3) is 0 Å². The van der Waals surface area contributed by atoms with E-state index in [9.17, 15) is 29.1 Å². The lowest BCUT2D eigenvalue weighted by Crippen LogP contribution is -2.47. The van der Waals surface area contributed by atoms with E-state index in [2.05, 4.69) is 16.8 Å². The smallest absolute Gasteiger partial charge is 0.328 e. The molecule has 0 spiro atoms. The van der Waals surface area contributed by atoms with Gasteiger partial charge < -0.3 is 39.9 Å². The Morgan fingerprint density at radius 1 is 0.739 bits per heavy atom. The molecule has 248 valence electrons. The number of nitrogens with zero attached hydrogens (tertiary/aromatic N) is 2. The van der Waals surface area contributed by atoms with E-state index < -0.39 is 30.0 Å². The summed E-state index contributed by atoms with van der Waals surface area (Å²) in [6, 6.07) is 16.7. The number of aliphatic carboxylic acids is 4. The number of aliphatic hydroxyl groups excluding tert-OH is 1. The SMILES string of the molecule is CC(=O)/C(=C/c1ccccc1)Oc1ccccc1OCC(O)CN1CCN(C)CC1.O=C(O)/C=C\C(=O)O.O=C(O)/C=C\C(=O)O. The van der Waals surface area contributed by atoms with E-state index >= 15 is 0 Å². The molecule has 1 fully saturated rings. The molecule has 1 atom stereocenters. The van der Waals surface area contributed by atoms with Crippen molar-refractivity contribution >= 4 is 35.7 Å². The van der Waals surface area contributed by atoms with Gasteiger partial charge in [-0.3, -0.25) is 9.69 Å². The summed E-state index contributed by atoms with van der Waals surface area (Å²) in [7, 11) is 2.11. The summed E-state index contributed by atoms with van der Waals surface area (Å²) >= 11 is 0. The second kappa shape index (κ2) is 21.4. The van der Waals surface area contributed by atoms with Crippen LogP contribution in [-0.4, -0.2) is 117 Å². The molecule has 0 amide bonds. The van der Waals surface area contributed by atoms with Crippen LogP contribution in [-0.2, 0) is 24.0 Å². The Labute approximate surface area is 265 Å². The molecular formula is C32H38N2O12. The standard InChI is InChI=1S/C24H30N2O4.2C4H4O4/c1-19(27)24(16-20-8-4-3-5-9-20)30-23-11-7-6-10-22(23)29-18-21(28)17-26-14-12-25(2)13-15-26;2*5-3(6)1-2-4(7)8/h3-11,16,21,28H,12-15,17-18H2,1-2H3;2*1-2H,(H,5,6)(H,7,8)/b24-16-;2*2-1-. The monoisotopic (exact) mass is 642 g/mol. The van der Waals surface area contributed by atoms with Gasteiger partial charge in [-0.25, -0.2) is 19.2 Å². The number of ketones is 1. The molecule has 0 aliphatic carbocycles. The van der Waals surface area contributed by atoms with Gasteiger partial charge in [0.15, 0.2) is 23.0 Å². The molecule has 0 radical (unpaired) electrons. The number of allylic oxidation sites excluding steroid dienone is 1. The lowest BCUT2D eigenvalue weighted by atomic mass is 10.2. The average molecular weight is 643 g/mol. The number of ether oxygens (including phenoxy) is 2. The molecule has 2 aromatic rings. The van der Waals surface area contributed by atoms with Gasteiger partial charge in [0.1, 0.15) is 12.7 Å². The zero-order valence-corrected chi connectivity index (χ0v) is 25.4. The number of hydrogen-bond acceptors (Lipinski definition) is 10. The van der Waals surface area contributed by atoms with Gasteiger partial charge in [-0.2, -0.15) is 0 Å². The first-order valence-corrected chi connectivity index (χ1v) is 13.8. The van der Waals surface area contributed by atoms with Gasteiger partial charge in [0.05, 0.1) is 0 Å². The van der Waals surface area contributed by atoms with E-state index in [1.807, 2.05) is 42.5 Å². The minimum Gasteiger partial charge on any atom is -0.487 e. The fraction of sp³-hybridized carbons (Fsp3) is 0.281. The molecule has 5 N–H and O–H groups in total. The highest BCUT2D eigenvalue weighted by Crippen LogP contribution is 2.29. The maximum absolute atomic E-state index is 12.1. The molecule has 1 aliphatic heterocycles. The van der Waals surface area contributed by atoms with Crippen LogP contribution < -0.4 is 9.47 Å². The zero-order chi connectivity index (χ0) is 34.5. The summed E-state index contributed by atoms with van der Waals surface area (Å²) in [5.41, 5.74) is 0.878. The molecule has 14 nitrogen and oxygen atoms in total. The van der Waals surface area contributed by atoms with Crippen LogP contribution in [0.25, 0.3) is 6.08 Å². The fourth-order valence-electron chi connectivity index (χ4n) is 3.53. The number of para-hydroxylation sites is 2. The van der Waals surface area contributed by atoms with E-state index in [0.717, 1.165) is 31.7 Å². The third kappa shape index (κ3) is 18.4. The van der Waals surface area contributed by atoms with Crippen molar-refractivity contribution in [2.75, 3.05) is 46.4 Å². The number of carbonyl (C=O) groups is 5. The van der Waals surface area contributed by atoms with Crippen LogP contribution in [0, 0.1) is 0 Å². The first kappa shape index (κ1) is 38.7. The van der Waals surface area contributed by atoms with Crippen molar-refractivity contribution in [3.05, 3.63) is 90.2 Å². The fourth-order valence-corrected chi connectivity index (χ4v) is 3.53. The predicted molar refractivity (Wildman–Crippen MR) is 166 cm³/mol. The van der Waals surface area contributed by atoms with Crippen LogP contribution >= 0.6 is 0 Å². The number of carbonyl (C=O) groups excluding carboxylic acids is 1. The third-order valence-corrected chi connectivity index (χ3v) is 5.75. The topological polar surface area (TPSA) is 211 Å². The summed E-state index contributed by atoms with van der Waals surface area (Å²) < 4.78 is 11.7. The minimum absolute atomic E-state index is 0.157. The number of benzene rings is 2. The lowest BCUT2D eigenvalue weighted by Gasteiger charge is -2.33. The molecule has 0 aromatic heterocycles. The average Bonchev–Trinajstić information content (AvgIpc) is 3.00. The Kier molecular flexibility index (Phi) is 18.0. The number of piperazine rings is 1. The number of carboxylic acids is 4. The van der Waals surface area contributed by atoms with Crippen molar-refractivity contribution < 1.29 is 59.0 Å². The molecule has 3 rings (SSSR count). The van der Waals surface area contributed by atoms with Crippen LogP contribution in [0.5, 0.6) is 11.5 Å². The van der Waals surface area contributed by atoms with Crippen LogP contribution in [0.1, 0.15) is 12.5 Å². The second-order valence-electron chi connectivity index (χ2n) is 9.61. The number of aliphatic hydroxyl groups is 1. The number of likely N-dealkylation sites (N-methyl/N-ethyl adjacent to an activating group) is 1. The molecule has 0 saturated carbocycles. The third-order valence-electron chi connectivity index (χ3n) is 5.75. The quantitative estimate of drug-likeness (QED) is 0.156. The molecule has 1 unspecified atom stereocenters. The predicted octanol–water partition coefficient (Wildman–Crippen LogP) is 2.11. The van der Waals surface area contributed by atoms with E-state index in [1.165, 1.54) is 6.92 Å². The van der Waals surface area contributed by atoms with Crippen LogP contribution in [0.2, 0.25) is 0 Å². The maximum Gasteiger partial charge on any atom is 0.328 e. The Bertz CT molecular complexity index is 1310. The van der Waals surface area contributed by atoms with E-state index in [-0.39, 0.29) is 18.1 Å². The molecule has 1 aliphatic rings. The van der Waals surface area contributed by atoms with Crippen molar-refractivity contribution in [2.24, 2.45) is 0 Å². The molecule has 2 aromatic carbocycles. The number of hydrogen-bond donors (Lipinski definition) is 5. The van der Waals surface area contributed by atoms with Gasteiger partial charge in [-0.15, -0.1) is 0 Å². The lowest BCUT2D eigenvalue weighted by molar-refractivity contribution is -0.134. The Morgan fingerprint density at radius 2 is 1.20 bits per heavy atom. The van der Waals surface area contributed by atoms with Gasteiger partial charge >= 0.3 is 23.9 Å². The summed E-state index contributed by atoms with van der Waals surface area (Å²) in [4.78, 5) is 54.8. The molecular weight excluding hydrogens is 604 g/mol. The van der Waals surface area contributed by atoms with Crippen LogP contribution in [0.15, 0.2) is 84.7 Å². The Morgan fingerprint density at radius 3 is 1.65 bits per heavy atom. The number of carboxylic acid groups (broad SMARTS) is 4. The highest BCUT2D eigenvalue weighted by atomic mass is 16.5. The molecule has 0 bridgehead atoms. The van der Waals surface area contributed by atoms with Crippen molar-refractivity contribution in [3.63, 3.8) is 0 Å². The zero-order valence-electron chi connectivity index (χ0n) is 25.4. The first-order chi connectivity index (χ1) is 21.8. The van der Waals surface area contributed by atoms with Gasteiger partial charge in [0.2, 0.25) is 0 Å². The van der Waals surface area contributed by atoms with Crippen molar-refractivity contribution in [1.82, 2.24) is 9.80 Å². The maximum atomic E-state index is 12.1.